The maximum absolute atomic E-state index is 12.2. The van der Waals surface area contributed by atoms with Crippen molar-refractivity contribution in [2.75, 3.05) is 6.54 Å². The molecule has 0 aliphatic carbocycles. The van der Waals surface area contributed by atoms with Crippen molar-refractivity contribution in [1.29, 1.82) is 0 Å². The quantitative estimate of drug-likeness (QED) is 0.874. The number of aliphatic carboxylic acids is 1. The van der Waals surface area contributed by atoms with Crippen LogP contribution in [-0.2, 0) is 9.59 Å². The van der Waals surface area contributed by atoms with Crippen LogP contribution in [0.4, 0.5) is 0 Å². The van der Waals surface area contributed by atoms with Gasteiger partial charge in [-0.15, -0.1) is 0 Å². The molecule has 0 aromatic carbocycles. The van der Waals surface area contributed by atoms with E-state index in [0.29, 0.717) is 25.1 Å². The molecule has 0 radical (unpaired) electrons. The standard InChI is InChI=1S/C13H16N2O4/c1-9(19-10-4-2-6-14-8-10)12(16)15-7-3-5-11(15)13(17)18/h2,4,6,8-9,11H,3,5,7H2,1H3,(H,17,18)/t9?,11-/m0/s1. The monoisotopic (exact) mass is 264 g/mol. The molecule has 1 unspecified atom stereocenters. The molecule has 1 fully saturated rings. The van der Waals surface area contributed by atoms with E-state index in [-0.39, 0.29) is 5.91 Å². The van der Waals surface area contributed by atoms with E-state index >= 15 is 0 Å². The van der Waals surface area contributed by atoms with Crippen LogP contribution >= 0.6 is 0 Å². The summed E-state index contributed by atoms with van der Waals surface area (Å²) in [5, 5.41) is 9.06. The molecule has 6 heteroatoms. The van der Waals surface area contributed by atoms with Crippen molar-refractivity contribution in [2.45, 2.75) is 31.9 Å². The van der Waals surface area contributed by atoms with Gasteiger partial charge in [0.15, 0.2) is 6.10 Å². The maximum Gasteiger partial charge on any atom is 0.326 e. The molecule has 0 saturated carbocycles. The molecule has 102 valence electrons. The second-order valence-corrected chi connectivity index (χ2v) is 4.48. The number of aromatic nitrogens is 1. The van der Waals surface area contributed by atoms with Gasteiger partial charge in [0.1, 0.15) is 11.8 Å². The van der Waals surface area contributed by atoms with Gasteiger partial charge in [-0.2, -0.15) is 0 Å². The van der Waals surface area contributed by atoms with Crippen LogP contribution in [0.1, 0.15) is 19.8 Å². The first kappa shape index (κ1) is 13.3. The van der Waals surface area contributed by atoms with Crippen LogP contribution in [0.3, 0.4) is 0 Å². The predicted octanol–water partition coefficient (Wildman–Crippen LogP) is 0.924. The second-order valence-electron chi connectivity index (χ2n) is 4.48. The summed E-state index contributed by atoms with van der Waals surface area (Å²) >= 11 is 0. The fraction of sp³-hybridized carbons (Fsp3) is 0.462. The lowest BCUT2D eigenvalue weighted by Gasteiger charge is -2.25. The van der Waals surface area contributed by atoms with Gasteiger partial charge in [-0.1, -0.05) is 0 Å². The molecule has 1 N–H and O–H groups in total. The Kier molecular flexibility index (Phi) is 3.99. The number of carbonyl (C=O) groups is 2. The number of ether oxygens (including phenoxy) is 1. The molecule has 1 saturated heterocycles. The number of amides is 1. The highest BCUT2D eigenvalue weighted by Gasteiger charge is 2.36. The Morgan fingerprint density at radius 3 is 3.00 bits per heavy atom. The highest BCUT2D eigenvalue weighted by atomic mass is 16.5. The van der Waals surface area contributed by atoms with E-state index in [2.05, 4.69) is 4.98 Å². The van der Waals surface area contributed by atoms with Gasteiger partial charge in [0, 0.05) is 12.7 Å². The van der Waals surface area contributed by atoms with Crippen molar-refractivity contribution in [3.8, 4) is 5.75 Å². The van der Waals surface area contributed by atoms with E-state index in [9.17, 15) is 9.59 Å². The Morgan fingerprint density at radius 1 is 1.58 bits per heavy atom. The van der Waals surface area contributed by atoms with Crippen molar-refractivity contribution in [3.63, 3.8) is 0 Å². The number of carbonyl (C=O) groups excluding carboxylic acids is 1. The molecule has 2 heterocycles. The summed E-state index contributed by atoms with van der Waals surface area (Å²) in [4.78, 5) is 28.5. The second kappa shape index (κ2) is 5.69. The molecule has 6 nitrogen and oxygen atoms in total. The van der Waals surface area contributed by atoms with Gasteiger partial charge in [0.05, 0.1) is 6.20 Å². The summed E-state index contributed by atoms with van der Waals surface area (Å²) in [5.41, 5.74) is 0. The van der Waals surface area contributed by atoms with Crippen LogP contribution in [0.15, 0.2) is 24.5 Å². The van der Waals surface area contributed by atoms with Crippen LogP contribution in [-0.4, -0.2) is 45.6 Å². The Morgan fingerprint density at radius 2 is 2.37 bits per heavy atom. The SMILES string of the molecule is CC(Oc1cccnc1)C(=O)N1CCC[C@H]1C(=O)O. The maximum atomic E-state index is 12.2. The van der Waals surface area contributed by atoms with Gasteiger partial charge in [-0.05, 0) is 31.9 Å². The molecule has 0 spiro atoms. The Bertz CT molecular complexity index is 463. The molecule has 1 aliphatic heterocycles. The van der Waals surface area contributed by atoms with Gasteiger partial charge in [0.25, 0.3) is 5.91 Å². The van der Waals surface area contributed by atoms with E-state index in [4.69, 9.17) is 9.84 Å². The van der Waals surface area contributed by atoms with Crippen LogP contribution in [0.2, 0.25) is 0 Å². The molecule has 2 rings (SSSR count). The minimum atomic E-state index is -0.959. The third-order valence-corrected chi connectivity index (χ3v) is 3.12. The molecule has 1 amide bonds. The zero-order chi connectivity index (χ0) is 13.8. The van der Waals surface area contributed by atoms with Crippen LogP contribution in [0.5, 0.6) is 5.75 Å². The number of likely N-dealkylation sites (tertiary alicyclic amines) is 1. The minimum Gasteiger partial charge on any atom is -0.480 e. The van der Waals surface area contributed by atoms with Crippen molar-refractivity contribution < 1.29 is 19.4 Å². The van der Waals surface area contributed by atoms with Gasteiger partial charge in [0.2, 0.25) is 0 Å². The largest absolute Gasteiger partial charge is 0.480 e. The lowest BCUT2D eigenvalue weighted by Crippen LogP contribution is -2.46. The minimum absolute atomic E-state index is 0.297. The molecule has 19 heavy (non-hydrogen) atoms. The van der Waals surface area contributed by atoms with E-state index in [1.54, 1.807) is 25.3 Å². The molecule has 1 aromatic heterocycles. The zero-order valence-electron chi connectivity index (χ0n) is 10.7. The summed E-state index contributed by atoms with van der Waals surface area (Å²) in [6.45, 7) is 2.09. The number of carboxylic acids is 1. The molecular formula is C13H16N2O4. The number of nitrogens with zero attached hydrogens (tertiary/aromatic N) is 2. The third-order valence-electron chi connectivity index (χ3n) is 3.12. The Balaban J connectivity index is 2.01. The molecule has 0 bridgehead atoms. The normalized spacial score (nSPS) is 20.1. The van der Waals surface area contributed by atoms with Crippen LogP contribution in [0.25, 0.3) is 0 Å². The van der Waals surface area contributed by atoms with Gasteiger partial charge < -0.3 is 14.7 Å². The summed E-state index contributed by atoms with van der Waals surface area (Å²) in [6, 6.07) is 2.69. The Labute approximate surface area is 111 Å². The first-order valence-corrected chi connectivity index (χ1v) is 6.19. The smallest absolute Gasteiger partial charge is 0.326 e. The first-order chi connectivity index (χ1) is 9.09. The van der Waals surface area contributed by atoms with Gasteiger partial charge in [-0.25, -0.2) is 4.79 Å². The van der Waals surface area contributed by atoms with Crippen molar-refractivity contribution in [1.82, 2.24) is 9.88 Å². The fourth-order valence-electron chi connectivity index (χ4n) is 2.19. The lowest BCUT2D eigenvalue weighted by atomic mass is 10.2. The lowest BCUT2D eigenvalue weighted by molar-refractivity contribution is -0.150. The van der Waals surface area contributed by atoms with E-state index < -0.39 is 18.1 Å². The summed E-state index contributed by atoms with van der Waals surface area (Å²) in [6.07, 6.45) is 3.62. The van der Waals surface area contributed by atoms with E-state index in [1.807, 2.05) is 0 Å². The molecular weight excluding hydrogens is 248 g/mol. The topological polar surface area (TPSA) is 79.7 Å². The first-order valence-electron chi connectivity index (χ1n) is 6.19. The fourth-order valence-corrected chi connectivity index (χ4v) is 2.19. The summed E-state index contributed by atoms with van der Waals surface area (Å²) in [7, 11) is 0. The Hall–Kier alpha value is -2.11. The summed E-state index contributed by atoms with van der Waals surface area (Å²) in [5.74, 6) is -0.761. The number of rotatable bonds is 4. The molecule has 1 aliphatic rings. The zero-order valence-corrected chi connectivity index (χ0v) is 10.7. The summed E-state index contributed by atoms with van der Waals surface area (Å²) < 4.78 is 5.47. The number of hydrogen-bond acceptors (Lipinski definition) is 4. The van der Waals surface area contributed by atoms with Gasteiger partial charge in [-0.3, -0.25) is 9.78 Å². The number of carboxylic acid groups (broad SMARTS) is 1. The third kappa shape index (κ3) is 3.01. The average molecular weight is 264 g/mol. The highest BCUT2D eigenvalue weighted by Crippen LogP contribution is 2.20. The van der Waals surface area contributed by atoms with Crippen molar-refractivity contribution >= 4 is 11.9 Å². The average Bonchev–Trinajstić information content (AvgIpc) is 2.88. The van der Waals surface area contributed by atoms with E-state index in [0.717, 1.165) is 0 Å². The molecule has 2 atom stereocenters. The predicted molar refractivity (Wildman–Crippen MR) is 66.7 cm³/mol. The van der Waals surface area contributed by atoms with Crippen LogP contribution < -0.4 is 4.74 Å². The molecule has 1 aromatic rings. The van der Waals surface area contributed by atoms with E-state index in [1.165, 1.54) is 11.1 Å². The highest BCUT2D eigenvalue weighted by molar-refractivity contribution is 5.86. The number of hydrogen-bond donors (Lipinski definition) is 1. The van der Waals surface area contributed by atoms with Crippen molar-refractivity contribution in [3.05, 3.63) is 24.5 Å². The van der Waals surface area contributed by atoms with Gasteiger partial charge >= 0.3 is 5.97 Å². The number of pyridine rings is 1. The van der Waals surface area contributed by atoms with Crippen LogP contribution in [0, 0.1) is 0 Å². The van der Waals surface area contributed by atoms with Crippen molar-refractivity contribution in [2.24, 2.45) is 0 Å².